The van der Waals surface area contributed by atoms with Crippen LogP contribution in [0.4, 0.5) is 0 Å². The number of nitrogens with zero attached hydrogens (tertiary/aromatic N) is 1. The smallest absolute Gasteiger partial charge is 0.000965 e. The molecule has 0 aromatic carbocycles. The Kier molecular flexibility index (Phi) is 24.2. The van der Waals surface area contributed by atoms with Crippen LogP contribution in [0.2, 0.25) is 0 Å². The number of piperidine rings is 1. The second kappa shape index (κ2) is 26.1. The van der Waals surface area contributed by atoms with E-state index in [0.29, 0.717) is 0 Å². The SMILES string of the molecule is C=C(CC)CCCCC(CCCCCCCCCC/C=C\CCCCCCCC)CN1CCCCC1. The lowest BCUT2D eigenvalue weighted by molar-refractivity contribution is 0.182. The lowest BCUT2D eigenvalue weighted by atomic mass is 9.92. The van der Waals surface area contributed by atoms with E-state index in [1.807, 2.05) is 0 Å². The van der Waals surface area contributed by atoms with E-state index in [1.165, 1.54) is 179 Å². The average Bonchev–Trinajstić information content (AvgIpc) is 2.90. The highest BCUT2D eigenvalue weighted by molar-refractivity contribution is 4.91. The minimum atomic E-state index is 0.937. The van der Waals surface area contributed by atoms with E-state index in [2.05, 4.69) is 37.5 Å². The van der Waals surface area contributed by atoms with Crippen molar-refractivity contribution in [3.63, 3.8) is 0 Å². The Hall–Kier alpha value is -0.560. The van der Waals surface area contributed by atoms with E-state index >= 15 is 0 Å². The molecule has 1 unspecified atom stereocenters. The highest BCUT2D eigenvalue weighted by Crippen LogP contribution is 2.22. The van der Waals surface area contributed by atoms with Gasteiger partial charge in [-0.25, -0.2) is 0 Å². The molecule has 36 heavy (non-hydrogen) atoms. The number of allylic oxidation sites excluding steroid dienone is 3. The van der Waals surface area contributed by atoms with E-state index in [-0.39, 0.29) is 0 Å². The Morgan fingerprint density at radius 1 is 0.639 bits per heavy atom. The molecule has 1 fully saturated rings. The van der Waals surface area contributed by atoms with Crippen LogP contribution in [0.5, 0.6) is 0 Å². The largest absolute Gasteiger partial charge is 0.303 e. The number of hydrogen-bond donors (Lipinski definition) is 0. The standard InChI is InChI=1S/C35H67N/c1-4-6-7-8-9-10-11-12-13-14-15-16-17-18-19-20-21-23-29-35(30-25-24-28-34(3)5-2)33-36-31-26-22-27-32-36/h12-13,35H,3-11,14-33H2,1-2H3/b13-12-. The highest BCUT2D eigenvalue weighted by Gasteiger charge is 2.16. The van der Waals surface area contributed by atoms with Gasteiger partial charge < -0.3 is 4.90 Å². The van der Waals surface area contributed by atoms with Crippen molar-refractivity contribution in [1.82, 2.24) is 4.90 Å². The Bertz CT molecular complexity index is 487. The Labute approximate surface area is 229 Å². The summed E-state index contributed by atoms with van der Waals surface area (Å²) in [6, 6.07) is 0. The van der Waals surface area contributed by atoms with Crippen LogP contribution >= 0.6 is 0 Å². The fourth-order valence-electron chi connectivity index (χ4n) is 5.85. The fraction of sp³-hybridized carbons (Fsp3) is 0.886. The lowest BCUT2D eigenvalue weighted by Crippen LogP contribution is -2.34. The molecule has 1 saturated heterocycles. The van der Waals surface area contributed by atoms with E-state index in [9.17, 15) is 0 Å². The van der Waals surface area contributed by atoms with Crippen molar-refractivity contribution in [3.8, 4) is 0 Å². The van der Waals surface area contributed by atoms with Gasteiger partial charge in [0, 0.05) is 6.54 Å². The monoisotopic (exact) mass is 502 g/mol. The summed E-state index contributed by atoms with van der Waals surface area (Å²) in [6.07, 6.45) is 40.0. The van der Waals surface area contributed by atoms with Gasteiger partial charge in [-0.05, 0) is 89.6 Å². The maximum absolute atomic E-state index is 4.20. The van der Waals surface area contributed by atoms with E-state index in [0.717, 1.165) is 12.3 Å². The summed E-state index contributed by atoms with van der Waals surface area (Å²) in [7, 11) is 0. The van der Waals surface area contributed by atoms with Crippen LogP contribution < -0.4 is 0 Å². The third-order valence-corrected chi connectivity index (χ3v) is 8.48. The summed E-state index contributed by atoms with van der Waals surface area (Å²) in [6.45, 7) is 12.8. The van der Waals surface area contributed by atoms with Crippen molar-refractivity contribution >= 4 is 0 Å². The molecular formula is C35H67N. The van der Waals surface area contributed by atoms with Crippen LogP contribution in [-0.2, 0) is 0 Å². The molecule has 1 atom stereocenters. The van der Waals surface area contributed by atoms with Crippen LogP contribution in [0.25, 0.3) is 0 Å². The molecule has 0 amide bonds. The first kappa shape index (κ1) is 33.5. The summed E-state index contributed by atoms with van der Waals surface area (Å²) in [5, 5.41) is 0. The van der Waals surface area contributed by atoms with Crippen LogP contribution in [0.1, 0.15) is 174 Å². The summed E-state index contributed by atoms with van der Waals surface area (Å²) in [5.41, 5.74) is 1.45. The summed E-state index contributed by atoms with van der Waals surface area (Å²) < 4.78 is 0. The van der Waals surface area contributed by atoms with Crippen molar-refractivity contribution in [2.45, 2.75) is 174 Å². The van der Waals surface area contributed by atoms with Crippen LogP contribution in [0.15, 0.2) is 24.3 Å². The van der Waals surface area contributed by atoms with Gasteiger partial charge in [-0.15, -0.1) is 0 Å². The predicted molar refractivity (Wildman–Crippen MR) is 165 cm³/mol. The number of unbranched alkanes of at least 4 members (excludes halogenated alkanes) is 15. The van der Waals surface area contributed by atoms with Gasteiger partial charge in [0.05, 0.1) is 0 Å². The number of rotatable bonds is 26. The zero-order valence-corrected chi connectivity index (χ0v) is 25.2. The third kappa shape index (κ3) is 21.5. The third-order valence-electron chi connectivity index (χ3n) is 8.48. The van der Waals surface area contributed by atoms with Crippen LogP contribution in [0.3, 0.4) is 0 Å². The highest BCUT2D eigenvalue weighted by atomic mass is 15.1. The molecule has 1 heteroatoms. The van der Waals surface area contributed by atoms with Gasteiger partial charge in [-0.1, -0.05) is 128 Å². The van der Waals surface area contributed by atoms with Gasteiger partial charge in [0.1, 0.15) is 0 Å². The molecule has 0 aromatic heterocycles. The lowest BCUT2D eigenvalue weighted by Gasteiger charge is -2.30. The molecule has 0 aromatic rings. The van der Waals surface area contributed by atoms with Crippen molar-refractivity contribution in [2.24, 2.45) is 5.92 Å². The second-order valence-corrected chi connectivity index (χ2v) is 12.0. The quantitative estimate of drug-likeness (QED) is 0.0841. The number of likely N-dealkylation sites (tertiary alicyclic amines) is 1. The van der Waals surface area contributed by atoms with Crippen LogP contribution in [-0.4, -0.2) is 24.5 Å². The van der Waals surface area contributed by atoms with Crippen molar-refractivity contribution in [2.75, 3.05) is 19.6 Å². The maximum Gasteiger partial charge on any atom is 0.000965 e. The molecule has 1 aliphatic rings. The summed E-state index contributed by atoms with van der Waals surface area (Å²) in [5.74, 6) is 0.937. The molecule has 1 rings (SSSR count). The molecule has 0 bridgehead atoms. The minimum Gasteiger partial charge on any atom is -0.303 e. The first-order valence-electron chi connectivity index (χ1n) is 16.8. The predicted octanol–water partition coefficient (Wildman–Crippen LogP) is 11.8. The van der Waals surface area contributed by atoms with E-state index < -0.39 is 0 Å². The minimum absolute atomic E-state index is 0.937. The van der Waals surface area contributed by atoms with Gasteiger partial charge in [0.2, 0.25) is 0 Å². The average molecular weight is 502 g/mol. The van der Waals surface area contributed by atoms with Crippen LogP contribution in [0, 0.1) is 5.92 Å². The molecule has 0 radical (unpaired) electrons. The second-order valence-electron chi connectivity index (χ2n) is 12.0. The van der Waals surface area contributed by atoms with E-state index in [4.69, 9.17) is 0 Å². The zero-order valence-electron chi connectivity index (χ0n) is 25.2. The van der Waals surface area contributed by atoms with Crippen molar-refractivity contribution in [1.29, 1.82) is 0 Å². The Balaban J connectivity index is 1.98. The van der Waals surface area contributed by atoms with Gasteiger partial charge in [-0.2, -0.15) is 0 Å². The van der Waals surface area contributed by atoms with Crippen molar-refractivity contribution < 1.29 is 0 Å². The molecule has 0 aliphatic carbocycles. The normalized spacial score (nSPS) is 15.6. The molecule has 0 saturated carbocycles. The topological polar surface area (TPSA) is 3.24 Å². The molecule has 1 nitrogen and oxygen atoms in total. The molecule has 0 N–H and O–H groups in total. The fourth-order valence-corrected chi connectivity index (χ4v) is 5.85. The van der Waals surface area contributed by atoms with Gasteiger partial charge in [0.25, 0.3) is 0 Å². The Morgan fingerprint density at radius 2 is 1.14 bits per heavy atom. The molecule has 1 aliphatic heterocycles. The summed E-state index contributed by atoms with van der Waals surface area (Å²) >= 11 is 0. The molecule has 1 heterocycles. The molecule has 212 valence electrons. The summed E-state index contributed by atoms with van der Waals surface area (Å²) in [4.78, 5) is 2.78. The van der Waals surface area contributed by atoms with E-state index in [1.54, 1.807) is 0 Å². The zero-order chi connectivity index (χ0) is 25.9. The Morgan fingerprint density at radius 3 is 1.69 bits per heavy atom. The van der Waals surface area contributed by atoms with Crippen molar-refractivity contribution in [3.05, 3.63) is 24.3 Å². The van der Waals surface area contributed by atoms with Gasteiger partial charge >= 0.3 is 0 Å². The molecular weight excluding hydrogens is 434 g/mol. The first-order valence-corrected chi connectivity index (χ1v) is 16.8. The number of hydrogen-bond acceptors (Lipinski definition) is 1. The maximum atomic E-state index is 4.20. The van der Waals surface area contributed by atoms with Gasteiger partial charge in [-0.3, -0.25) is 0 Å². The molecule has 0 spiro atoms. The first-order chi connectivity index (χ1) is 17.8. The van der Waals surface area contributed by atoms with Gasteiger partial charge in [0.15, 0.2) is 0 Å².